The Balaban J connectivity index is 2.32. The fraction of sp³-hybridized carbons (Fsp3) is 0.692. The average molecular weight is 314 g/mol. The number of hydrogen-bond donors (Lipinski definition) is 0. The number of hydrogen-bond acceptors (Lipinski definition) is 3. The largest absolute Gasteiger partial charge is 0.352 e. The van der Waals surface area contributed by atoms with Crippen molar-refractivity contribution in [2.24, 2.45) is 0 Å². The maximum absolute atomic E-state index is 12.4. The van der Waals surface area contributed by atoms with E-state index in [-0.39, 0.29) is 11.1 Å². The van der Waals surface area contributed by atoms with E-state index in [1.165, 1.54) is 0 Å². The average Bonchev–Trinajstić information content (AvgIpc) is 2.29. The zero-order valence-electron chi connectivity index (χ0n) is 11.2. The topological polar surface area (TPSA) is 38.1 Å². The summed E-state index contributed by atoms with van der Waals surface area (Å²) in [6.45, 7) is 7.88. The number of aromatic nitrogens is 2. The first-order valence-corrected chi connectivity index (χ1v) is 7.28. The molecule has 0 amide bonds. The Morgan fingerprint density at radius 3 is 2.50 bits per heavy atom. The van der Waals surface area contributed by atoms with Gasteiger partial charge in [0.1, 0.15) is 0 Å². The number of piperidine rings is 1. The van der Waals surface area contributed by atoms with Crippen LogP contribution in [0.4, 0.5) is 5.82 Å². The molecule has 5 heteroatoms. The molecular formula is C13H20BrN3O. The second-order valence-corrected chi connectivity index (χ2v) is 7.05. The Morgan fingerprint density at radius 2 is 1.94 bits per heavy atom. The summed E-state index contributed by atoms with van der Waals surface area (Å²) in [7, 11) is 0. The van der Waals surface area contributed by atoms with E-state index in [1.54, 1.807) is 17.0 Å². The van der Waals surface area contributed by atoms with Crippen molar-refractivity contribution in [1.82, 2.24) is 9.55 Å². The van der Waals surface area contributed by atoms with Gasteiger partial charge in [0, 0.05) is 35.8 Å². The van der Waals surface area contributed by atoms with E-state index < -0.39 is 0 Å². The SMILES string of the molecule is CC(C)(C)n1ccnc(N2CCC(Br)CC2)c1=O. The normalized spacial score (nSPS) is 18.1. The smallest absolute Gasteiger partial charge is 0.293 e. The number of halogens is 1. The van der Waals surface area contributed by atoms with Crippen LogP contribution in [0.25, 0.3) is 0 Å². The van der Waals surface area contributed by atoms with Crippen LogP contribution in [0.2, 0.25) is 0 Å². The molecule has 1 fully saturated rings. The van der Waals surface area contributed by atoms with Crippen LogP contribution in [0, 0.1) is 0 Å². The molecule has 0 atom stereocenters. The first-order valence-electron chi connectivity index (χ1n) is 6.37. The predicted molar refractivity (Wildman–Crippen MR) is 77.7 cm³/mol. The van der Waals surface area contributed by atoms with Crippen molar-refractivity contribution < 1.29 is 0 Å². The summed E-state index contributed by atoms with van der Waals surface area (Å²) < 4.78 is 1.76. The zero-order chi connectivity index (χ0) is 13.3. The summed E-state index contributed by atoms with van der Waals surface area (Å²) in [5, 5.41) is 0. The Morgan fingerprint density at radius 1 is 1.33 bits per heavy atom. The fourth-order valence-corrected chi connectivity index (χ4v) is 2.62. The Kier molecular flexibility index (Phi) is 3.80. The van der Waals surface area contributed by atoms with E-state index in [2.05, 4.69) is 25.8 Å². The number of rotatable bonds is 1. The second-order valence-electron chi connectivity index (χ2n) is 5.76. The molecule has 0 bridgehead atoms. The molecule has 0 N–H and O–H groups in total. The van der Waals surface area contributed by atoms with Crippen molar-refractivity contribution in [2.75, 3.05) is 18.0 Å². The third-order valence-electron chi connectivity index (χ3n) is 3.27. The molecule has 0 aliphatic carbocycles. The molecule has 0 saturated carbocycles. The molecule has 4 nitrogen and oxygen atoms in total. The highest BCUT2D eigenvalue weighted by molar-refractivity contribution is 9.09. The van der Waals surface area contributed by atoms with Crippen molar-refractivity contribution in [3.63, 3.8) is 0 Å². The van der Waals surface area contributed by atoms with Gasteiger partial charge in [-0.15, -0.1) is 0 Å². The van der Waals surface area contributed by atoms with E-state index in [9.17, 15) is 4.79 Å². The van der Waals surface area contributed by atoms with Gasteiger partial charge in [-0.3, -0.25) is 4.79 Å². The van der Waals surface area contributed by atoms with Gasteiger partial charge in [-0.05, 0) is 33.6 Å². The van der Waals surface area contributed by atoms with Crippen molar-refractivity contribution in [2.45, 2.75) is 44.0 Å². The Labute approximate surface area is 116 Å². The lowest BCUT2D eigenvalue weighted by Crippen LogP contribution is -2.42. The lowest BCUT2D eigenvalue weighted by molar-refractivity contribution is 0.381. The van der Waals surface area contributed by atoms with Crippen LogP contribution >= 0.6 is 15.9 Å². The minimum Gasteiger partial charge on any atom is -0.352 e. The lowest BCUT2D eigenvalue weighted by atomic mass is 10.1. The molecule has 0 aromatic carbocycles. The first-order chi connectivity index (χ1) is 8.39. The highest BCUT2D eigenvalue weighted by Crippen LogP contribution is 2.20. The van der Waals surface area contributed by atoms with Gasteiger partial charge < -0.3 is 9.47 Å². The molecule has 0 radical (unpaired) electrons. The van der Waals surface area contributed by atoms with E-state index in [1.807, 2.05) is 20.8 Å². The van der Waals surface area contributed by atoms with Crippen LogP contribution in [0.1, 0.15) is 33.6 Å². The molecule has 18 heavy (non-hydrogen) atoms. The minimum absolute atomic E-state index is 0.0121. The van der Waals surface area contributed by atoms with Crippen LogP contribution in [0.3, 0.4) is 0 Å². The molecule has 0 spiro atoms. The van der Waals surface area contributed by atoms with E-state index in [0.717, 1.165) is 25.9 Å². The highest BCUT2D eigenvalue weighted by atomic mass is 79.9. The third kappa shape index (κ3) is 2.76. The molecule has 1 aromatic heterocycles. The minimum atomic E-state index is -0.206. The zero-order valence-corrected chi connectivity index (χ0v) is 12.8. The third-order valence-corrected chi connectivity index (χ3v) is 4.19. The summed E-state index contributed by atoms with van der Waals surface area (Å²) in [6.07, 6.45) is 5.61. The summed E-state index contributed by atoms with van der Waals surface area (Å²) in [5.41, 5.74) is -0.194. The summed E-state index contributed by atoms with van der Waals surface area (Å²) >= 11 is 3.62. The monoisotopic (exact) mass is 313 g/mol. The van der Waals surface area contributed by atoms with Gasteiger partial charge >= 0.3 is 0 Å². The number of alkyl halides is 1. The van der Waals surface area contributed by atoms with E-state index in [4.69, 9.17) is 0 Å². The molecule has 2 rings (SSSR count). The fourth-order valence-electron chi connectivity index (χ4n) is 2.21. The Bertz CT molecular complexity index is 470. The van der Waals surface area contributed by atoms with Gasteiger partial charge in [0.05, 0.1) is 0 Å². The molecule has 1 saturated heterocycles. The van der Waals surface area contributed by atoms with Crippen molar-refractivity contribution in [3.05, 3.63) is 22.7 Å². The van der Waals surface area contributed by atoms with Crippen LogP contribution < -0.4 is 10.5 Å². The Hall–Kier alpha value is -0.840. The molecular weight excluding hydrogens is 294 g/mol. The van der Waals surface area contributed by atoms with Crippen LogP contribution in [-0.2, 0) is 5.54 Å². The number of nitrogens with zero attached hydrogens (tertiary/aromatic N) is 3. The lowest BCUT2D eigenvalue weighted by Gasteiger charge is -2.31. The van der Waals surface area contributed by atoms with E-state index >= 15 is 0 Å². The first kappa shape index (κ1) is 13.6. The molecule has 2 heterocycles. The van der Waals surface area contributed by atoms with Crippen LogP contribution in [0.5, 0.6) is 0 Å². The van der Waals surface area contributed by atoms with Crippen LogP contribution in [-0.4, -0.2) is 27.5 Å². The second kappa shape index (κ2) is 5.03. The van der Waals surface area contributed by atoms with Crippen molar-refractivity contribution >= 4 is 21.7 Å². The predicted octanol–water partition coefficient (Wildman–Crippen LogP) is 2.36. The quantitative estimate of drug-likeness (QED) is 0.747. The molecule has 0 unspecified atom stereocenters. The van der Waals surface area contributed by atoms with Gasteiger partial charge in [-0.25, -0.2) is 4.98 Å². The molecule has 1 aliphatic rings. The summed E-state index contributed by atoms with van der Waals surface area (Å²) in [6, 6.07) is 0. The number of anilines is 1. The summed E-state index contributed by atoms with van der Waals surface area (Å²) in [5.74, 6) is 0.590. The standard InChI is InChI=1S/C13H20BrN3O/c1-13(2,3)17-9-6-15-11(12(17)18)16-7-4-10(14)5-8-16/h6,9-10H,4-5,7-8H2,1-3H3. The molecule has 1 aromatic rings. The van der Waals surface area contributed by atoms with Gasteiger partial charge in [-0.2, -0.15) is 0 Å². The molecule has 100 valence electrons. The van der Waals surface area contributed by atoms with Gasteiger partial charge in [0.25, 0.3) is 5.56 Å². The summed E-state index contributed by atoms with van der Waals surface area (Å²) in [4.78, 5) is 19.4. The van der Waals surface area contributed by atoms with E-state index in [0.29, 0.717) is 10.6 Å². The molecule has 1 aliphatic heterocycles. The maximum atomic E-state index is 12.4. The van der Waals surface area contributed by atoms with Gasteiger partial charge in [-0.1, -0.05) is 15.9 Å². The van der Waals surface area contributed by atoms with Gasteiger partial charge in [0.15, 0.2) is 5.82 Å². The maximum Gasteiger partial charge on any atom is 0.293 e. The van der Waals surface area contributed by atoms with Crippen LogP contribution in [0.15, 0.2) is 17.2 Å². The van der Waals surface area contributed by atoms with Gasteiger partial charge in [0.2, 0.25) is 0 Å². The highest BCUT2D eigenvalue weighted by Gasteiger charge is 2.23. The van der Waals surface area contributed by atoms with Crippen molar-refractivity contribution in [1.29, 1.82) is 0 Å². The van der Waals surface area contributed by atoms with Crippen molar-refractivity contribution in [3.8, 4) is 0 Å².